The van der Waals surface area contributed by atoms with Gasteiger partial charge in [-0.05, 0) is 61.3 Å². The first-order valence-corrected chi connectivity index (χ1v) is 10.9. The highest BCUT2D eigenvalue weighted by Crippen LogP contribution is 2.38. The third kappa shape index (κ3) is 4.56. The Morgan fingerprint density at radius 1 is 1.11 bits per heavy atom. The second-order valence-electron chi connectivity index (χ2n) is 6.27. The maximum absolute atomic E-state index is 12.7. The van der Waals surface area contributed by atoms with Gasteiger partial charge >= 0.3 is 6.09 Å². The lowest BCUT2D eigenvalue weighted by molar-refractivity contribution is 0.0937. The molecule has 8 heteroatoms. The minimum absolute atomic E-state index is 0.279. The van der Waals surface area contributed by atoms with Crippen LogP contribution in [0.2, 0.25) is 0 Å². The molecule has 0 saturated carbocycles. The van der Waals surface area contributed by atoms with Gasteiger partial charge in [0.25, 0.3) is 11.8 Å². The molecule has 1 aliphatic rings. The SMILES string of the molecule is CCSc1ccc(C(=O)Nc2sc3c(c2C(=O)NC(=O)OC)CCCC3)cc1. The van der Waals surface area contributed by atoms with Crippen LogP contribution in [0.15, 0.2) is 29.2 Å². The van der Waals surface area contributed by atoms with Gasteiger partial charge in [0.15, 0.2) is 0 Å². The predicted molar refractivity (Wildman–Crippen MR) is 112 cm³/mol. The summed E-state index contributed by atoms with van der Waals surface area (Å²) in [5.41, 5.74) is 1.81. The zero-order valence-electron chi connectivity index (χ0n) is 15.8. The molecule has 0 unspecified atom stereocenters. The van der Waals surface area contributed by atoms with Crippen molar-refractivity contribution in [2.75, 3.05) is 18.2 Å². The van der Waals surface area contributed by atoms with Gasteiger partial charge in [-0.25, -0.2) is 4.79 Å². The van der Waals surface area contributed by atoms with E-state index in [-0.39, 0.29) is 5.91 Å². The Morgan fingerprint density at radius 2 is 1.82 bits per heavy atom. The van der Waals surface area contributed by atoms with Gasteiger partial charge in [0.05, 0.1) is 12.7 Å². The minimum atomic E-state index is -0.818. The highest BCUT2D eigenvalue weighted by atomic mass is 32.2. The summed E-state index contributed by atoms with van der Waals surface area (Å²) in [6, 6.07) is 7.37. The standard InChI is InChI=1S/C20H22N2O4S2/c1-3-27-13-10-8-12(9-11-13)17(23)21-19-16(18(24)22-20(25)26-2)14-6-4-5-7-15(14)28-19/h8-11H,3-7H2,1-2H3,(H,21,23)(H,22,24,25). The van der Waals surface area contributed by atoms with Crippen LogP contribution in [-0.2, 0) is 17.6 Å². The molecule has 6 nitrogen and oxygen atoms in total. The monoisotopic (exact) mass is 418 g/mol. The van der Waals surface area contributed by atoms with Gasteiger partial charge < -0.3 is 10.1 Å². The highest BCUT2D eigenvalue weighted by Gasteiger charge is 2.27. The van der Waals surface area contributed by atoms with Gasteiger partial charge in [0.1, 0.15) is 5.00 Å². The van der Waals surface area contributed by atoms with Gasteiger partial charge in [-0.15, -0.1) is 23.1 Å². The summed E-state index contributed by atoms with van der Waals surface area (Å²) >= 11 is 3.12. The molecular weight excluding hydrogens is 396 g/mol. The van der Waals surface area contributed by atoms with Gasteiger partial charge in [0.2, 0.25) is 0 Å². The first kappa shape index (κ1) is 20.4. The number of carbonyl (C=O) groups is 3. The van der Waals surface area contributed by atoms with Crippen molar-refractivity contribution < 1.29 is 19.1 Å². The fourth-order valence-electron chi connectivity index (χ4n) is 3.14. The number of hydrogen-bond donors (Lipinski definition) is 2. The Balaban J connectivity index is 1.86. The smallest absolute Gasteiger partial charge is 0.413 e. The van der Waals surface area contributed by atoms with Crippen molar-refractivity contribution in [1.29, 1.82) is 0 Å². The summed E-state index contributed by atoms with van der Waals surface area (Å²) in [6.07, 6.45) is 2.84. The Kier molecular flexibility index (Phi) is 6.74. The molecule has 2 aromatic rings. The number of benzene rings is 1. The van der Waals surface area contributed by atoms with Crippen molar-refractivity contribution >= 4 is 46.0 Å². The van der Waals surface area contributed by atoms with E-state index in [4.69, 9.17) is 0 Å². The number of methoxy groups -OCH3 is 1. The molecule has 0 saturated heterocycles. The normalized spacial score (nSPS) is 12.8. The molecule has 2 N–H and O–H groups in total. The van der Waals surface area contributed by atoms with E-state index < -0.39 is 12.0 Å². The van der Waals surface area contributed by atoms with Crippen LogP contribution < -0.4 is 10.6 Å². The lowest BCUT2D eigenvalue weighted by Gasteiger charge is -2.12. The number of imide groups is 1. The number of ether oxygens (including phenoxy) is 1. The lowest BCUT2D eigenvalue weighted by Crippen LogP contribution is -2.31. The van der Waals surface area contributed by atoms with Crippen molar-refractivity contribution in [2.45, 2.75) is 37.5 Å². The first-order chi connectivity index (χ1) is 13.5. The van der Waals surface area contributed by atoms with Crippen LogP contribution in [0.3, 0.4) is 0 Å². The van der Waals surface area contributed by atoms with Crippen LogP contribution in [0.25, 0.3) is 0 Å². The topological polar surface area (TPSA) is 84.5 Å². The number of rotatable bonds is 5. The summed E-state index contributed by atoms with van der Waals surface area (Å²) in [5, 5.41) is 5.55. The number of amides is 3. The van der Waals surface area contributed by atoms with Crippen molar-refractivity contribution in [1.82, 2.24) is 5.32 Å². The second kappa shape index (κ2) is 9.25. The third-order valence-electron chi connectivity index (χ3n) is 4.45. The Morgan fingerprint density at radius 3 is 2.50 bits per heavy atom. The molecule has 1 heterocycles. The molecule has 0 bridgehead atoms. The van der Waals surface area contributed by atoms with E-state index in [9.17, 15) is 14.4 Å². The molecule has 3 amide bonds. The maximum Gasteiger partial charge on any atom is 0.413 e. The molecule has 0 atom stereocenters. The molecule has 3 rings (SSSR count). The van der Waals surface area contributed by atoms with Crippen molar-refractivity contribution in [3.63, 3.8) is 0 Å². The quantitative estimate of drug-likeness (QED) is 0.699. The van der Waals surface area contributed by atoms with Gasteiger partial charge in [0, 0.05) is 15.3 Å². The minimum Gasteiger partial charge on any atom is -0.453 e. The number of nitrogens with one attached hydrogen (secondary N) is 2. The van der Waals surface area contributed by atoms with Crippen LogP contribution in [0.5, 0.6) is 0 Å². The summed E-state index contributed by atoms with van der Waals surface area (Å²) in [4.78, 5) is 39.0. The molecule has 0 fully saturated rings. The number of aryl methyl sites for hydroxylation is 1. The Labute approximate surface area is 172 Å². The highest BCUT2D eigenvalue weighted by molar-refractivity contribution is 7.99. The number of thioether (sulfide) groups is 1. The van der Waals surface area contributed by atoms with Crippen LogP contribution >= 0.6 is 23.1 Å². The number of fused-ring (bicyclic) bond motifs is 1. The van der Waals surface area contributed by atoms with E-state index in [1.54, 1.807) is 23.9 Å². The molecular formula is C20H22N2O4S2. The summed E-state index contributed by atoms with van der Waals surface area (Å²) < 4.78 is 4.53. The van der Waals surface area contributed by atoms with Gasteiger partial charge in [-0.1, -0.05) is 6.92 Å². The van der Waals surface area contributed by atoms with E-state index in [2.05, 4.69) is 22.3 Å². The van der Waals surface area contributed by atoms with E-state index in [0.29, 0.717) is 16.1 Å². The van der Waals surface area contributed by atoms with Gasteiger partial charge in [-0.2, -0.15) is 0 Å². The fourth-order valence-corrected chi connectivity index (χ4v) is 5.09. The molecule has 28 heavy (non-hydrogen) atoms. The van der Waals surface area contributed by atoms with Crippen LogP contribution in [0.1, 0.15) is 50.9 Å². The zero-order chi connectivity index (χ0) is 20.1. The summed E-state index contributed by atoms with van der Waals surface area (Å²) in [7, 11) is 1.20. The molecule has 1 aromatic carbocycles. The molecule has 0 radical (unpaired) electrons. The third-order valence-corrected chi connectivity index (χ3v) is 6.56. The molecule has 1 aliphatic carbocycles. The van der Waals surface area contributed by atoms with Crippen molar-refractivity contribution in [3.05, 3.63) is 45.8 Å². The molecule has 0 spiro atoms. The van der Waals surface area contributed by atoms with E-state index in [1.165, 1.54) is 18.4 Å². The molecule has 1 aromatic heterocycles. The Hall–Kier alpha value is -2.32. The number of alkyl carbamates (subject to hydrolysis) is 1. The average molecular weight is 419 g/mol. The predicted octanol–water partition coefficient (Wildman–Crippen LogP) is 4.49. The maximum atomic E-state index is 12.7. The second-order valence-corrected chi connectivity index (χ2v) is 8.71. The number of thiophene rings is 1. The number of hydrogen-bond acceptors (Lipinski definition) is 6. The van der Waals surface area contributed by atoms with Crippen LogP contribution in [0.4, 0.5) is 9.80 Å². The number of anilines is 1. The number of carbonyl (C=O) groups excluding carboxylic acids is 3. The van der Waals surface area contributed by atoms with E-state index in [1.807, 2.05) is 12.1 Å². The molecule has 0 aliphatic heterocycles. The zero-order valence-corrected chi connectivity index (χ0v) is 17.4. The fraction of sp³-hybridized carbons (Fsp3) is 0.350. The summed E-state index contributed by atoms with van der Waals surface area (Å²) in [6.45, 7) is 2.07. The largest absolute Gasteiger partial charge is 0.453 e. The molecule has 148 valence electrons. The summed E-state index contributed by atoms with van der Waals surface area (Å²) in [5.74, 6) is 0.139. The van der Waals surface area contributed by atoms with Crippen LogP contribution in [-0.4, -0.2) is 30.8 Å². The van der Waals surface area contributed by atoms with Crippen molar-refractivity contribution in [2.24, 2.45) is 0 Å². The van der Waals surface area contributed by atoms with E-state index >= 15 is 0 Å². The van der Waals surface area contributed by atoms with Crippen LogP contribution in [0, 0.1) is 0 Å². The lowest BCUT2D eigenvalue weighted by atomic mass is 9.95. The average Bonchev–Trinajstić information content (AvgIpc) is 3.06. The van der Waals surface area contributed by atoms with E-state index in [0.717, 1.165) is 46.8 Å². The Bertz CT molecular complexity index is 890. The van der Waals surface area contributed by atoms with Gasteiger partial charge in [-0.3, -0.25) is 14.9 Å². The van der Waals surface area contributed by atoms with Crippen molar-refractivity contribution in [3.8, 4) is 0 Å². The first-order valence-electron chi connectivity index (χ1n) is 9.11.